The molecule has 0 saturated heterocycles. The topological polar surface area (TPSA) is 50.9 Å². The van der Waals surface area contributed by atoms with E-state index in [2.05, 4.69) is 37.1 Å². The number of aromatic nitrogens is 1. The Morgan fingerprint density at radius 1 is 1.44 bits per heavy atom. The molecule has 3 N–H and O–H groups in total. The van der Waals surface area contributed by atoms with Crippen molar-refractivity contribution in [2.75, 3.05) is 12.3 Å². The molecule has 0 fully saturated rings. The molecule has 16 heavy (non-hydrogen) atoms. The molecule has 0 aliphatic heterocycles. The van der Waals surface area contributed by atoms with E-state index in [-0.39, 0.29) is 0 Å². The van der Waals surface area contributed by atoms with Crippen molar-refractivity contribution in [3.8, 4) is 0 Å². The summed E-state index contributed by atoms with van der Waals surface area (Å²) in [6.45, 7) is 7.71. The third kappa shape index (κ3) is 3.81. The number of nitrogens with one attached hydrogen (secondary N) is 1. The van der Waals surface area contributed by atoms with E-state index in [0.717, 1.165) is 24.9 Å². The van der Waals surface area contributed by atoms with Gasteiger partial charge in [-0.1, -0.05) is 26.8 Å². The maximum Gasteiger partial charge on any atom is 0.126 e. The van der Waals surface area contributed by atoms with Gasteiger partial charge in [0.2, 0.25) is 0 Å². The lowest BCUT2D eigenvalue weighted by molar-refractivity contribution is 0.397. The smallest absolute Gasteiger partial charge is 0.126 e. The minimum absolute atomic E-state index is 0.478. The Hall–Kier alpha value is -1.09. The fraction of sp³-hybridized carbons (Fsp3) is 0.615. The molecule has 1 aromatic rings. The number of rotatable bonds is 6. The van der Waals surface area contributed by atoms with Gasteiger partial charge in [-0.05, 0) is 36.9 Å². The Kier molecular flexibility index (Phi) is 5.26. The molecular formula is C13H23N3. The lowest BCUT2D eigenvalue weighted by Gasteiger charge is -2.22. The fourth-order valence-electron chi connectivity index (χ4n) is 1.73. The zero-order valence-corrected chi connectivity index (χ0v) is 10.5. The average molecular weight is 221 g/mol. The summed E-state index contributed by atoms with van der Waals surface area (Å²) < 4.78 is 0. The van der Waals surface area contributed by atoms with Gasteiger partial charge < -0.3 is 11.1 Å². The molecule has 0 amide bonds. The molecule has 0 radical (unpaired) electrons. The van der Waals surface area contributed by atoms with Crippen LogP contribution in [0.1, 0.15) is 32.8 Å². The van der Waals surface area contributed by atoms with Gasteiger partial charge in [-0.15, -0.1) is 0 Å². The van der Waals surface area contributed by atoms with E-state index in [9.17, 15) is 0 Å². The van der Waals surface area contributed by atoms with Crippen LogP contribution >= 0.6 is 0 Å². The molecule has 1 rings (SSSR count). The highest BCUT2D eigenvalue weighted by Crippen LogP contribution is 2.14. The lowest BCUT2D eigenvalue weighted by Crippen LogP contribution is -2.36. The minimum atomic E-state index is 0.478. The van der Waals surface area contributed by atoms with E-state index in [0.29, 0.717) is 17.8 Å². The molecule has 3 nitrogen and oxygen atoms in total. The van der Waals surface area contributed by atoms with E-state index in [1.54, 1.807) is 6.20 Å². The molecule has 0 bridgehead atoms. The van der Waals surface area contributed by atoms with Gasteiger partial charge in [-0.3, -0.25) is 0 Å². The summed E-state index contributed by atoms with van der Waals surface area (Å²) in [7, 11) is 0. The number of anilines is 1. The molecule has 3 heteroatoms. The molecule has 1 unspecified atom stereocenters. The van der Waals surface area contributed by atoms with Gasteiger partial charge in [0, 0.05) is 12.2 Å². The van der Waals surface area contributed by atoms with E-state index in [4.69, 9.17) is 5.73 Å². The SMILES string of the molecule is CCCNC(Cc1cccnc1N)C(C)C. The monoisotopic (exact) mass is 221 g/mol. The second-order valence-electron chi connectivity index (χ2n) is 4.56. The number of nitrogens with zero attached hydrogens (tertiary/aromatic N) is 1. The van der Waals surface area contributed by atoms with Crippen LogP contribution in [0.2, 0.25) is 0 Å². The second kappa shape index (κ2) is 6.48. The Bertz CT molecular complexity index is 310. The summed E-state index contributed by atoms with van der Waals surface area (Å²) in [6, 6.07) is 4.49. The highest BCUT2D eigenvalue weighted by atomic mass is 14.9. The number of nitrogens with two attached hydrogens (primary N) is 1. The predicted molar refractivity (Wildman–Crippen MR) is 69.3 cm³/mol. The summed E-state index contributed by atoms with van der Waals surface area (Å²) in [4.78, 5) is 4.12. The molecule has 0 aromatic carbocycles. The predicted octanol–water partition coefficient (Wildman–Crippen LogP) is 2.23. The van der Waals surface area contributed by atoms with Crippen LogP contribution in [-0.4, -0.2) is 17.6 Å². The van der Waals surface area contributed by atoms with Crippen LogP contribution in [0.15, 0.2) is 18.3 Å². The first-order valence-electron chi connectivity index (χ1n) is 6.07. The van der Waals surface area contributed by atoms with Gasteiger partial charge in [-0.2, -0.15) is 0 Å². The van der Waals surface area contributed by atoms with Crippen molar-refractivity contribution in [2.24, 2.45) is 5.92 Å². The van der Waals surface area contributed by atoms with Gasteiger partial charge in [0.05, 0.1) is 0 Å². The molecule has 1 aromatic heterocycles. The molecule has 0 saturated carbocycles. The first kappa shape index (κ1) is 13.0. The fourth-order valence-corrected chi connectivity index (χ4v) is 1.73. The van der Waals surface area contributed by atoms with Crippen molar-refractivity contribution in [3.63, 3.8) is 0 Å². The number of hydrogen-bond donors (Lipinski definition) is 2. The van der Waals surface area contributed by atoms with Crippen molar-refractivity contribution >= 4 is 5.82 Å². The van der Waals surface area contributed by atoms with E-state index >= 15 is 0 Å². The van der Waals surface area contributed by atoms with Crippen molar-refractivity contribution in [1.82, 2.24) is 10.3 Å². The van der Waals surface area contributed by atoms with Gasteiger partial charge in [0.1, 0.15) is 5.82 Å². The van der Waals surface area contributed by atoms with Crippen LogP contribution in [0, 0.1) is 5.92 Å². The van der Waals surface area contributed by atoms with E-state index in [1.165, 1.54) is 0 Å². The van der Waals surface area contributed by atoms with Crippen LogP contribution in [-0.2, 0) is 6.42 Å². The van der Waals surface area contributed by atoms with Crippen LogP contribution in [0.3, 0.4) is 0 Å². The van der Waals surface area contributed by atoms with Gasteiger partial charge in [-0.25, -0.2) is 4.98 Å². The van der Waals surface area contributed by atoms with E-state index < -0.39 is 0 Å². The highest BCUT2D eigenvalue weighted by molar-refractivity contribution is 5.38. The van der Waals surface area contributed by atoms with Gasteiger partial charge >= 0.3 is 0 Å². The lowest BCUT2D eigenvalue weighted by atomic mass is 9.96. The molecular weight excluding hydrogens is 198 g/mol. The normalized spacial score (nSPS) is 13.0. The van der Waals surface area contributed by atoms with Crippen molar-refractivity contribution in [1.29, 1.82) is 0 Å². The molecule has 0 aliphatic carbocycles. The van der Waals surface area contributed by atoms with Gasteiger partial charge in [0.25, 0.3) is 0 Å². The quantitative estimate of drug-likeness (QED) is 0.774. The molecule has 0 spiro atoms. The number of hydrogen-bond acceptors (Lipinski definition) is 3. The van der Waals surface area contributed by atoms with Crippen LogP contribution in [0.5, 0.6) is 0 Å². The number of pyridine rings is 1. The average Bonchev–Trinajstić information content (AvgIpc) is 2.26. The Labute approximate surface area is 98.5 Å². The molecule has 1 heterocycles. The van der Waals surface area contributed by atoms with Crippen molar-refractivity contribution in [2.45, 2.75) is 39.7 Å². The minimum Gasteiger partial charge on any atom is -0.383 e. The Morgan fingerprint density at radius 3 is 2.75 bits per heavy atom. The van der Waals surface area contributed by atoms with E-state index in [1.807, 2.05) is 6.07 Å². The largest absolute Gasteiger partial charge is 0.383 e. The van der Waals surface area contributed by atoms with Crippen LogP contribution < -0.4 is 11.1 Å². The van der Waals surface area contributed by atoms with Gasteiger partial charge in [0.15, 0.2) is 0 Å². The zero-order valence-electron chi connectivity index (χ0n) is 10.5. The first-order valence-corrected chi connectivity index (χ1v) is 6.07. The Balaban J connectivity index is 2.64. The highest BCUT2D eigenvalue weighted by Gasteiger charge is 2.14. The zero-order chi connectivity index (χ0) is 12.0. The molecule has 90 valence electrons. The molecule has 0 aliphatic rings. The summed E-state index contributed by atoms with van der Waals surface area (Å²) >= 11 is 0. The maximum absolute atomic E-state index is 5.86. The third-order valence-electron chi connectivity index (χ3n) is 2.83. The molecule has 1 atom stereocenters. The van der Waals surface area contributed by atoms with Crippen molar-refractivity contribution in [3.05, 3.63) is 23.9 Å². The summed E-state index contributed by atoms with van der Waals surface area (Å²) in [6.07, 6.45) is 3.85. The number of nitrogen functional groups attached to an aromatic ring is 1. The standard InChI is InChI=1S/C13H23N3/c1-4-7-15-12(10(2)3)9-11-6-5-8-16-13(11)14/h5-6,8,10,12,15H,4,7,9H2,1-3H3,(H2,14,16). The first-order chi connectivity index (χ1) is 7.65. The van der Waals surface area contributed by atoms with Crippen LogP contribution in [0.25, 0.3) is 0 Å². The summed E-state index contributed by atoms with van der Waals surface area (Å²) in [5.41, 5.74) is 7.00. The summed E-state index contributed by atoms with van der Waals surface area (Å²) in [5.74, 6) is 1.26. The second-order valence-corrected chi connectivity index (χ2v) is 4.56. The Morgan fingerprint density at radius 2 is 2.19 bits per heavy atom. The van der Waals surface area contributed by atoms with Crippen molar-refractivity contribution < 1.29 is 0 Å². The van der Waals surface area contributed by atoms with Crippen LogP contribution in [0.4, 0.5) is 5.82 Å². The summed E-state index contributed by atoms with van der Waals surface area (Å²) in [5, 5.41) is 3.56. The maximum atomic E-state index is 5.86. The third-order valence-corrected chi connectivity index (χ3v) is 2.83.